The zero-order valence-electron chi connectivity index (χ0n) is 12.1. The molecular weight excluding hydrogens is 224 g/mol. The van der Waals surface area contributed by atoms with E-state index < -0.39 is 0 Å². The van der Waals surface area contributed by atoms with Crippen molar-refractivity contribution in [1.29, 1.82) is 0 Å². The molecule has 1 amide bonds. The van der Waals surface area contributed by atoms with Crippen LogP contribution in [0.4, 0.5) is 0 Å². The lowest BCUT2D eigenvalue weighted by Crippen LogP contribution is -2.35. The number of carbonyl (C=O) groups excluding carboxylic acids is 1. The molecule has 1 unspecified atom stereocenters. The Morgan fingerprint density at radius 3 is 2.56 bits per heavy atom. The van der Waals surface area contributed by atoms with Gasteiger partial charge in [0.2, 0.25) is 5.91 Å². The molecule has 1 fully saturated rings. The van der Waals surface area contributed by atoms with Gasteiger partial charge in [-0.3, -0.25) is 4.79 Å². The van der Waals surface area contributed by atoms with Crippen molar-refractivity contribution in [2.24, 2.45) is 17.1 Å². The Morgan fingerprint density at radius 1 is 1.33 bits per heavy atom. The molecule has 106 valence electrons. The van der Waals surface area contributed by atoms with E-state index >= 15 is 0 Å². The molecule has 0 saturated heterocycles. The SMILES string of the molecule is CCC1(CNC(=O)CCC(C)CCN)CCCC1. The third-order valence-electron chi connectivity index (χ3n) is 4.60. The van der Waals surface area contributed by atoms with E-state index in [2.05, 4.69) is 19.2 Å². The van der Waals surface area contributed by atoms with Crippen LogP contribution in [0.3, 0.4) is 0 Å². The third-order valence-corrected chi connectivity index (χ3v) is 4.60. The van der Waals surface area contributed by atoms with Gasteiger partial charge in [0.25, 0.3) is 0 Å². The van der Waals surface area contributed by atoms with Gasteiger partial charge >= 0.3 is 0 Å². The average Bonchev–Trinajstić information content (AvgIpc) is 2.84. The average molecular weight is 254 g/mol. The number of nitrogens with one attached hydrogen (secondary N) is 1. The molecule has 3 nitrogen and oxygen atoms in total. The smallest absolute Gasteiger partial charge is 0.220 e. The van der Waals surface area contributed by atoms with Crippen molar-refractivity contribution in [3.63, 3.8) is 0 Å². The van der Waals surface area contributed by atoms with Crippen molar-refractivity contribution in [1.82, 2.24) is 5.32 Å². The number of hydrogen-bond acceptors (Lipinski definition) is 2. The van der Waals surface area contributed by atoms with Crippen LogP contribution >= 0.6 is 0 Å². The summed E-state index contributed by atoms with van der Waals surface area (Å²) in [4.78, 5) is 11.8. The molecule has 3 N–H and O–H groups in total. The van der Waals surface area contributed by atoms with E-state index in [4.69, 9.17) is 5.73 Å². The first-order valence-electron chi connectivity index (χ1n) is 7.58. The molecular formula is C15H30N2O. The van der Waals surface area contributed by atoms with Crippen LogP contribution < -0.4 is 11.1 Å². The largest absolute Gasteiger partial charge is 0.356 e. The van der Waals surface area contributed by atoms with Gasteiger partial charge in [0, 0.05) is 13.0 Å². The second-order valence-electron chi connectivity index (χ2n) is 6.06. The molecule has 1 atom stereocenters. The summed E-state index contributed by atoms with van der Waals surface area (Å²) in [5.41, 5.74) is 5.91. The van der Waals surface area contributed by atoms with Gasteiger partial charge in [-0.05, 0) is 50.0 Å². The highest BCUT2D eigenvalue weighted by Gasteiger charge is 2.31. The summed E-state index contributed by atoms with van der Waals surface area (Å²) in [6.45, 7) is 6.03. The maximum atomic E-state index is 11.8. The first-order chi connectivity index (χ1) is 8.62. The first-order valence-corrected chi connectivity index (χ1v) is 7.58. The van der Waals surface area contributed by atoms with Crippen LogP contribution in [-0.4, -0.2) is 19.0 Å². The van der Waals surface area contributed by atoms with Gasteiger partial charge < -0.3 is 11.1 Å². The summed E-state index contributed by atoms with van der Waals surface area (Å²) in [7, 11) is 0. The number of amides is 1. The highest BCUT2D eigenvalue weighted by Crippen LogP contribution is 2.40. The maximum Gasteiger partial charge on any atom is 0.220 e. The third kappa shape index (κ3) is 4.97. The molecule has 3 heteroatoms. The molecule has 0 radical (unpaired) electrons. The van der Waals surface area contributed by atoms with Gasteiger partial charge in [-0.2, -0.15) is 0 Å². The number of rotatable bonds is 8. The molecule has 1 rings (SSSR count). The van der Waals surface area contributed by atoms with Gasteiger partial charge in [0.15, 0.2) is 0 Å². The summed E-state index contributed by atoms with van der Waals surface area (Å²) in [5, 5.41) is 3.14. The van der Waals surface area contributed by atoms with E-state index in [-0.39, 0.29) is 5.91 Å². The van der Waals surface area contributed by atoms with Crippen LogP contribution in [0, 0.1) is 11.3 Å². The van der Waals surface area contributed by atoms with Gasteiger partial charge in [-0.25, -0.2) is 0 Å². The zero-order valence-corrected chi connectivity index (χ0v) is 12.1. The summed E-state index contributed by atoms with van der Waals surface area (Å²) in [6, 6.07) is 0. The normalized spacial score (nSPS) is 19.7. The molecule has 0 aromatic rings. The van der Waals surface area contributed by atoms with Crippen LogP contribution in [0.5, 0.6) is 0 Å². The van der Waals surface area contributed by atoms with Crippen LogP contribution in [0.25, 0.3) is 0 Å². The Morgan fingerprint density at radius 2 is 2.00 bits per heavy atom. The lowest BCUT2D eigenvalue weighted by Gasteiger charge is -2.27. The van der Waals surface area contributed by atoms with Gasteiger partial charge in [-0.1, -0.05) is 26.7 Å². The highest BCUT2D eigenvalue weighted by molar-refractivity contribution is 5.75. The van der Waals surface area contributed by atoms with Crippen LogP contribution in [0.2, 0.25) is 0 Å². The van der Waals surface area contributed by atoms with E-state index in [1.54, 1.807) is 0 Å². The minimum Gasteiger partial charge on any atom is -0.356 e. The van der Waals surface area contributed by atoms with E-state index in [1.807, 2.05) is 0 Å². The molecule has 18 heavy (non-hydrogen) atoms. The predicted molar refractivity (Wildman–Crippen MR) is 76.3 cm³/mol. The van der Waals surface area contributed by atoms with Crippen molar-refractivity contribution in [2.45, 2.75) is 65.2 Å². The number of nitrogens with two attached hydrogens (primary N) is 1. The van der Waals surface area contributed by atoms with Crippen molar-refractivity contribution >= 4 is 5.91 Å². The monoisotopic (exact) mass is 254 g/mol. The molecule has 0 aliphatic heterocycles. The standard InChI is InChI=1S/C15H30N2O/c1-3-15(9-4-5-10-15)12-17-14(18)7-6-13(2)8-11-16/h13H,3-12,16H2,1-2H3,(H,17,18). The summed E-state index contributed by atoms with van der Waals surface area (Å²) >= 11 is 0. The topological polar surface area (TPSA) is 55.1 Å². The first kappa shape index (κ1) is 15.5. The van der Waals surface area contributed by atoms with Crippen LogP contribution in [0.15, 0.2) is 0 Å². The molecule has 1 aliphatic rings. The summed E-state index contributed by atoms with van der Waals surface area (Å²) in [5.74, 6) is 0.783. The van der Waals surface area contributed by atoms with E-state index in [0.717, 1.165) is 25.9 Å². The van der Waals surface area contributed by atoms with Crippen molar-refractivity contribution < 1.29 is 4.79 Å². The molecule has 0 bridgehead atoms. The molecule has 1 saturated carbocycles. The number of hydrogen-bond donors (Lipinski definition) is 2. The Kier molecular flexibility index (Phi) is 6.69. The molecule has 0 aromatic heterocycles. The Labute approximate surface area is 112 Å². The minimum absolute atomic E-state index is 0.221. The van der Waals surface area contributed by atoms with Gasteiger partial charge in [-0.15, -0.1) is 0 Å². The Balaban J connectivity index is 2.20. The quantitative estimate of drug-likeness (QED) is 0.700. The van der Waals surface area contributed by atoms with Crippen molar-refractivity contribution in [2.75, 3.05) is 13.1 Å². The molecule has 0 spiro atoms. The van der Waals surface area contributed by atoms with Gasteiger partial charge in [0.05, 0.1) is 0 Å². The van der Waals surface area contributed by atoms with Crippen LogP contribution in [-0.2, 0) is 4.79 Å². The second-order valence-corrected chi connectivity index (χ2v) is 6.06. The van der Waals surface area contributed by atoms with Crippen molar-refractivity contribution in [3.05, 3.63) is 0 Å². The fourth-order valence-corrected chi connectivity index (χ4v) is 2.96. The lowest BCUT2D eigenvalue weighted by atomic mass is 9.83. The zero-order chi connectivity index (χ0) is 13.4. The molecule has 0 aromatic carbocycles. The van der Waals surface area contributed by atoms with E-state index in [0.29, 0.717) is 17.8 Å². The summed E-state index contributed by atoms with van der Waals surface area (Å²) in [6.07, 6.45) is 9.06. The fourth-order valence-electron chi connectivity index (χ4n) is 2.96. The predicted octanol–water partition coefficient (Wildman–Crippen LogP) is 2.84. The lowest BCUT2D eigenvalue weighted by molar-refractivity contribution is -0.121. The van der Waals surface area contributed by atoms with E-state index in [1.165, 1.54) is 32.1 Å². The van der Waals surface area contributed by atoms with Crippen LogP contribution in [0.1, 0.15) is 65.2 Å². The van der Waals surface area contributed by atoms with Crippen molar-refractivity contribution in [3.8, 4) is 0 Å². The van der Waals surface area contributed by atoms with Gasteiger partial charge in [0.1, 0.15) is 0 Å². The Bertz CT molecular complexity index is 247. The summed E-state index contributed by atoms with van der Waals surface area (Å²) < 4.78 is 0. The molecule has 1 aliphatic carbocycles. The molecule has 0 heterocycles. The Hall–Kier alpha value is -0.570. The fraction of sp³-hybridized carbons (Fsp3) is 0.933. The van der Waals surface area contributed by atoms with E-state index in [9.17, 15) is 4.79 Å². The number of carbonyl (C=O) groups is 1. The maximum absolute atomic E-state index is 11.8. The minimum atomic E-state index is 0.221. The second kappa shape index (κ2) is 7.78. The highest BCUT2D eigenvalue weighted by atomic mass is 16.1.